The molecule has 0 fully saturated rings. The molecular weight excluding hydrogens is 437 g/mol. The third-order valence-electron chi connectivity index (χ3n) is 4.93. The van der Waals surface area contributed by atoms with Crippen molar-refractivity contribution in [3.05, 3.63) is 85.9 Å². The quantitative estimate of drug-likeness (QED) is 0.413. The molecule has 2 heterocycles. The van der Waals surface area contributed by atoms with Gasteiger partial charge in [-0.25, -0.2) is 9.78 Å². The minimum atomic E-state index is -0.367. The molecule has 0 radical (unpaired) electrons. The summed E-state index contributed by atoms with van der Waals surface area (Å²) in [6.45, 7) is 4.11. The number of rotatable bonds is 5. The number of hydrogen-bond donors (Lipinski definition) is 0. The van der Waals surface area contributed by atoms with E-state index in [4.69, 9.17) is 27.9 Å². The van der Waals surface area contributed by atoms with Crippen molar-refractivity contribution in [1.29, 1.82) is 0 Å². The summed E-state index contributed by atoms with van der Waals surface area (Å²) < 4.78 is 8.47. The van der Waals surface area contributed by atoms with E-state index in [1.54, 1.807) is 24.3 Å². The minimum Gasteiger partial charge on any atom is -0.488 e. The van der Waals surface area contributed by atoms with Crippen LogP contribution in [0, 0.1) is 13.8 Å². The van der Waals surface area contributed by atoms with Gasteiger partial charge in [-0.3, -0.25) is 0 Å². The maximum atomic E-state index is 12.3. The van der Waals surface area contributed by atoms with E-state index in [0.29, 0.717) is 27.2 Å². The van der Waals surface area contributed by atoms with Crippen LogP contribution < -0.4 is 10.4 Å². The summed E-state index contributed by atoms with van der Waals surface area (Å²) in [5, 5.41) is 8.60. The molecule has 158 valence electrons. The van der Waals surface area contributed by atoms with Crippen LogP contribution in [0.1, 0.15) is 16.7 Å². The van der Waals surface area contributed by atoms with E-state index in [1.807, 2.05) is 38.1 Å². The van der Waals surface area contributed by atoms with E-state index in [-0.39, 0.29) is 12.3 Å². The predicted octanol–water partition coefficient (Wildman–Crippen LogP) is 4.53. The summed E-state index contributed by atoms with van der Waals surface area (Å²) in [5.41, 5.74) is 4.53. The molecule has 0 saturated heterocycles. The summed E-state index contributed by atoms with van der Waals surface area (Å²) in [7, 11) is 1.54. The number of tetrazole rings is 1. The standard InChI is InChI=1S/C22H19Cl2N5O2/c1-13-11-20(14(2)10-15(13)18-7-5-9-21(24)25-18)31-12-16-17(23)6-4-8-19(16)29-22(30)28(3)26-27-29/h4-11H,12H2,1-3H3. The average molecular weight is 456 g/mol. The van der Waals surface area contributed by atoms with Gasteiger partial charge in [-0.1, -0.05) is 35.3 Å². The van der Waals surface area contributed by atoms with Crippen molar-refractivity contribution in [2.24, 2.45) is 7.05 Å². The van der Waals surface area contributed by atoms with Gasteiger partial charge < -0.3 is 4.74 Å². The molecule has 0 N–H and O–H groups in total. The van der Waals surface area contributed by atoms with Crippen LogP contribution in [0.5, 0.6) is 5.75 Å². The molecule has 9 heteroatoms. The second-order valence-corrected chi connectivity index (χ2v) is 7.90. The highest BCUT2D eigenvalue weighted by Gasteiger charge is 2.16. The van der Waals surface area contributed by atoms with E-state index in [9.17, 15) is 4.79 Å². The van der Waals surface area contributed by atoms with Crippen LogP contribution >= 0.6 is 23.2 Å². The Balaban J connectivity index is 1.66. The van der Waals surface area contributed by atoms with Gasteiger partial charge in [0, 0.05) is 23.2 Å². The van der Waals surface area contributed by atoms with Crippen LogP contribution in [-0.2, 0) is 13.7 Å². The normalized spacial score (nSPS) is 11.0. The number of hydrogen-bond acceptors (Lipinski definition) is 5. The first-order valence-corrected chi connectivity index (χ1v) is 10.2. The molecule has 0 spiro atoms. The molecule has 0 aliphatic heterocycles. The van der Waals surface area contributed by atoms with Gasteiger partial charge in [0.15, 0.2) is 0 Å². The van der Waals surface area contributed by atoms with Crippen LogP contribution in [0.15, 0.2) is 53.3 Å². The Morgan fingerprint density at radius 1 is 1.00 bits per heavy atom. The third-order valence-corrected chi connectivity index (χ3v) is 5.49. The number of nitrogens with zero attached hydrogens (tertiary/aromatic N) is 5. The van der Waals surface area contributed by atoms with Crippen molar-refractivity contribution in [1.82, 2.24) is 24.8 Å². The average Bonchev–Trinajstić information content (AvgIpc) is 3.07. The number of pyridine rings is 1. The molecule has 4 aromatic rings. The van der Waals surface area contributed by atoms with Gasteiger partial charge in [-0.2, -0.15) is 9.36 Å². The number of aromatic nitrogens is 5. The Morgan fingerprint density at radius 2 is 1.77 bits per heavy atom. The molecule has 2 aromatic heterocycles. The monoisotopic (exact) mass is 455 g/mol. The Kier molecular flexibility index (Phi) is 5.80. The number of aryl methyl sites for hydroxylation is 3. The first-order chi connectivity index (χ1) is 14.8. The highest BCUT2D eigenvalue weighted by molar-refractivity contribution is 6.31. The molecule has 0 bridgehead atoms. The maximum Gasteiger partial charge on any atom is 0.368 e. The molecule has 0 aliphatic rings. The number of benzene rings is 2. The summed E-state index contributed by atoms with van der Waals surface area (Å²) in [5.74, 6) is 0.709. The van der Waals surface area contributed by atoms with Crippen molar-refractivity contribution in [2.45, 2.75) is 20.5 Å². The van der Waals surface area contributed by atoms with Crippen LogP contribution in [0.3, 0.4) is 0 Å². The molecule has 0 unspecified atom stereocenters. The summed E-state index contributed by atoms with van der Waals surface area (Å²) in [6, 6.07) is 14.8. The Morgan fingerprint density at radius 3 is 2.48 bits per heavy atom. The molecule has 31 heavy (non-hydrogen) atoms. The van der Waals surface area contributed by atoms with Crippen LogP contribution in [-0.4, -0.2) is 24.8 Å². The zero-order valence-electron chi connectivity index (χ0n) is 17.1. The maximum absolute atomic E-state index is 12.3. The van der Waals surface area contributed by atoms with Crippen LogP contribution in [0.25, 0.3) is 16.9 Å². The zero-order valence-corrected chi connectivity index (χ0v) is 18.6. The van der Waals surface area contributed by atoms with E-state index in [1.165, 1.54) is 11.7 Å². The van der Waals surface area contributed by atoms with Crippen LogP contribution in [0.2, 0.25) is 10.2 Å². The smallest absolute Gasteiger partial charge is 0.368 e. The molecular formula is C22H19Cl2N5O2. The highest BCUT2D eigenvalue weighted by Crippen LogP contribution is 2.31. The fraction of sp³-hybridized carbons (Fsp3) is 0.182. The Hall–Kier alpha value is -3.16. The van der Waals surface area contributed by atoms with Gasteiger partial charge in [0.25, 0.3) is 0 Å². The van der Waals surface area contributed by atoms with E-state index in [0.717, 1.165) is 27.1 Å². The van der Waals surface area contributed by atoms with Crippen LogP contribution in [0.4, 0.5) is 0 Å². The molecule has 0 aliphatic carbocycles. The van der Waals surface area contributed by atoms with Gasteiger partial charge in [0.1, 0.15) is 17.5 Å². The Bertz CT molecular complexity index is 1330. The molecule has 2 aromatic carbocycles. The summed E-state index contributed by atoms with van der Waals surface area (Å²) >= 11 is 12.5. The van der Waals surface area contributed by atoms with Gasteiger partial charge in [0.05, 0.1) is 11.4 Å². The molecule has 0 saturated carbocycles. The lowest BCUT2D eigenvalue weighted by Gasteiger charge is -2.15. The number of halogens is 2. The SMILES string of the molecule is Cc1cc(-c2cccc(Cl)n2)c(C)cc1OCc1c(Cl)cccc1-n1nnn(C)c1=O. The van der Waals surface area contributed by atoms with Crippen molar-refractivity contribution >= 4 is 23.2 Å². The lowest BCUT2D eigenvalue weighted by Crippen LogP contribution is -2.23. The second-order valence-electron chi connectivity index (χ2n) is 7.10. The van der Waals surface area contributed by atoms with Crippen molar-refractivity contribution < 1.29 is 4.74 Å². The van der Waals surface area contributed by atoms with Crippen molar-refractivity contribution in [3.8, 4) is 22.7 Å². The molecule has 4 rings (SSSR count). The zero-order chi connectivity index (χ0) is 22.1. The third kappa shape index (κ3) is 4.19. The van der Waals surface area contributed by atoms with E-state index >= 15 is 0 Å². The first kappa shape index (κ1) is 21.1. The van der Waals surface area contributed by atoms with Gasteiger partial charge in [0.2, 0.25) is 0 Å². The van der Waals surface area contributed by atoms with E-state index in [2.05, 4.69) is 15.4 Å². The lowest BCUT2D eigenvalue weighted by molar-refractivity contribution is 0.303. The van der Waals surface area contributed by atoms with E-state index < -0.39 is 0 Å². The van der Waals surface area contributed by atoms with Gasteiger partial charge in [-0.05, 0) is 71.8 Å². The Labute approximate surface area is 188 Å². The summed E-state index contributed by atoms with van der Waals surface area (Å²) in [4.78, 5) is 16.7. The largest absolute Gasteiger partial charge is 0.488 e. The topological polar surface area (TPSA) is 74.8 Å². The second kappa shape index (κ2) is 8.53. The van der Waals surface area contributed by atoms with Gasteiger partial charge in [-0.15, -0.1) is 0 Å². The predicted molar refractivity (Wildman–Crippen MR) is 120 cm³/mol. The number of ether oxygens (including phenoxy) is 1. The van der Waals surface area contributed by atoms with Gasteiger partial charge >= 0.3 is 5.69 Å². The minimum absolute atomic E-state index is 0.160. The molecule has 7 nitrogen and oxygen atoms in total. The fourth-order valence-electron chi connectivity index (χ4n) is 3.28. The summed E-state index contributed by atoms with van der Waals surface area (Å²) in [6.07, 6.45) is 0. The fourth-order valence-corrected chi connectivity index (χ4v) is 3.67. The first-order valence-electron chi connectivity index (χ1n) is 9.49. The van der Waals surface area contributed by atoms with Crippen molar-refractivity contribution in [3.63, 3.8) is 0 Å². The molecule has 0 amide bonds. The highest BCUT2D eigenvalue weighted by atomic mass is 35.5. The lowest BCUT2D eigenvalue weighted by atomic mass is 10.0. The molecule has 0 atom stereocenters. The van der Waals surface area contributed by atoms with Crippen molar-refractivity contribution in [2.75, 3.05) is 0 Å².